The van der Waals surface area contributed by atoms with Gasteiger partial charge in [0.25, 0.3) is 11.7 Å². The molecule has 0 radical (unpaired) electrons. The molecule has 1 amide bonds. The molecule has 2 saturated heterocycles. The number of hydrogen-bond donors (Lipinski definition) is 3. The second-order valence-electron chi connectivity index (χ2n) is 17.7. The van der Waals surface area contributed by atoms with Gasteiger partial charge in [0.05, 0.1) is 24.4 Å². The molecule has 4 rings (SSSR count). The molecule has 1 aliphatic carbocycles. The van der Waals surface area contributed by atoms with Gasteiger partial charge in [-0.05, 0) is 120 Å². The largest absolute Gasteiger partial charge is 0.456 e. The van der Waals surface area contributed by atoms with E-state index in [9.17, 15) is 34.5 Å². The van der Waals surface area contributed by atoms with Gasteiger partial charge in [-0.1, -0.05) is 64.2 Å². The van der Waals surface area contributed by atoms with E-state index >= 15 is 0 Å². The average Bonchev–Trinajstić information content (AvgIpc) is 3.19. The summed E-state index contributed by atoms with van der Waals surface area (Å²) in [6.45, 7) is 11.5. The van der Waals surface area contributed by atoms with E-state index in [0.717, 1.165) is 37.7 Å². The van der Waals surface area contributed by atoms with Crippen LogP contribution in [0.4, 0.5) is 0 Å². The van der Waals surface area contributed by atoms with Gasteiger partial charge in [-0.2, -0.15) is 0 Å². The van der Waals surface area contributed by atoms with Gasteiger partial charge in [0.15, 0.2) is 0 Å². The summed E-state index contributed by atoms with van der Waals surface area (Å²) in [5.41, 5.74) is 1.56. The maximum Gasteiger partial charge on any atom is 0.329 e. The molecule has 11 nitrogen and oxygen atoms in total. The summed E-state index contributed by atoms with van der Waals surface area (Å²) in [6.07, 6.45) is 16.9. The Hall–Kier alpha value is -2.96. The highest BCUT2D eigenvalue weighted by Crippen LogP contribution is 2.37. The lowest BCUT2D eigenvalue weighted by Crippen LogP contribution is -2.60. The van der Waals surface area contributed by atoms with Gasteiger partial charge in [0.2, 0.25) is 5.79 Å². The molecule has 1 saturated carbocycles. The first-order valence-electron chi connectivity index (χ1n) is 21.6. The molecule has 0 unspecified atom stereocenters. The number of piperidine rings is 1. The van der Waals surface area contributed by atoms with Gasteiger partial charge in [0, 0.05) is 38.3 Å². The summed E-state index contributed by atoms with van der Waals surface area (Å²) < 4.78 is 18.0. The number of rotatable bonds is 7. The van der Waals surface area contributed by atoms with Crippen LogP contribution >= 0.6 is 0 Å². The van der Waals surface area contributed by atoms with Crippen LogP contribution in [0.15, 0.2) is 47.6 Å². The number of carbonyl (C=O) groups is 4. The number of nitrogens with zero attached hydrogens (tertiary/aromatic N) is 1. The fourth-order valence-electron chi connectivity index (χ4n) is 8.95. The van der Waals surface area contributed by atoms with Crippen molar-refractivity contribution in [2.24, 2.45) is 29.6 Å². The first-order valence-corrected chi connectivity index (χ1v) is 21.6. The number of ketones is 2. The van der Waals surface area contributed by atoms with Crippen molar-refractivity contribution in [3.63, 3.8) is 0 Å². The number of cyclic esters (lactones) is 1. The van der Waals surface area contributed by atoms with Gasteiger partial charge < -0.3 is 34.4 Å². The molecular formula is C46H71NO10. The van der Waals surface area contributed by atoms with Crippen LogP contribution in [0.1, 0.15) is 131 Å². The molecule has 3 heterocycles. The third-order valence-electron chi connectivity index (χ3n) is 13.1. The van der Waals surface area contributed by atoms with Crippen molar-refractivity contribution in [2.45, 2.75) is 174 Å². The number of methoxy groups -OCH3 is 1. The fraction of sp³-hybridized carbons (Fsp3) is 0.739. The third-order valence-corrected chi connectivity index (χ3v) is 13.1. The number of ether oxygens (including phenoxy) is 3. The van der Waals surface area contributed by atoms with Crippen LogP contribution in [0.25, 0.3) is 0 Å². The number of fused-ring (bicyclic) bond motifs is 3. The highest BCUT2D eigenvalue weighted by molar-refractivity contribution is 6.39. The van der Waals surface area contributed by atoms with E-state index in [1.165, 1.54) is 4.90 Å². The van der Waals surface area contributed by atoms with Crippen molar-refractivity contribution >= 4 is 23.4 Å². The van der Waals surface area contributed by atoms with Crippen molar-refractivity contribution < 1.29 is 48.7 Å². The maximum atomic E-state index is 14.1. The molecule has 3 fully saturated rings. The summed E-state index contributed by atoms with van der Waals surface area (Å²) in [5, 5.41) is 32.9. The number of esters is 1. The zero-order valence-corrected chi connectivity index (χ0v) is 35.6. The lowest BCUT2D eigenvalue weighted by molar-refractivity contribution is -0.265. The minimum absolute atomic E-state index is 0.0153. The standard InChI is InChI=1S/C46H71NO10/c1-29-13-9-8-10-14-30(2)41(55-7)27-37-22-17-34(6)46(54,57-37)43(51)44(52)47-24-12-11-15-38(47)45(53)56-42(28-40(50)32(4)25-29)31(3)16-23-39(49)33(5)26-35-18-20-36(48)21-19-35/h8-10,13-14,16,29,32-39,41-42,48-49,54H,11-12,15,17-28H2,1-7H3/b10-8+,13-9+,30-14?,31-16+/t29-,32-,33-,34-,35?,36?,37+,38+,39+,41+,42+,46-/m1/s1. The SMILES string of the molecule is CO[C@H]1C[C@@H]2CC[C@@H](C)[C@@](O)(O2)C(=O)C(=O)N2CCCC[C@H]2C(=O)O[C@H](/C(C)=C/C[C@H](O)[C@H](C)CC2CCC(O)CC2)CC(=O)[C@H](C)C[C@H](C)/C=C/C=C/C=C1C. The molecule has 3 aliphatic heterocycles. The van der Waals surface area contributed by atoms with Crippen LogP contribution < -0.4 is 0 Å². The Labute approximate surface area is 341 Å². The third kappa shape index (κ3) is 13.0. The van der Waals surface area contributed by atoms with Gasteiger partial charge in [-0.15, -0.1) is 0 Å². The quantitative estimate of drug-likeness (QED) is 0.143. The maximum absolute atomic E-state index is 14.1. The monoisotopic (exact) mass is 798 g/mol. The molecular weight excluding hydrogens is 727 g/mol. The second kappa shape index (κ2) is 21.9. The van der Waals surface area contributed by atoms with Crippen molar-refractivity contribution in [1.82, 2.24) is 4.90 Å². The predicted octanol–water partition coefficient (Wildman–Crippen LogP) is 6.73. The fourth-order valence-corrected chi connectivity index (χ4v) is 8.95. The van der Waals surface area contributed by atoms with E-state index < -0.39 is 53.7 Å². The summed E-state index contributed by atoms with van der Waals surface area (Å²) in [5.74, 6) is -5.68. The lowest BCUT2D eigenvalue weighted by atomic mass is 9.80. The van der Waals surface area contributed by atoms with Gasteiger partial charge in [-0.25, -0.2) is 4.79 Å². The summed E-state index contributed by atoms with van der Waals surface area (Å²) >= 11 is 0. The van der Waals surface area contributed by atoms with E-state index in [1.807, 2.05) is 51.2 Å². The molecule has 0 aromatic heterocycles. The van der Waals surface area contributed by atoms with Crippen LogP contribution in [0.3, 0.4) is 0 Å². The zero-order valence-electron chi connectivity index (χ0n) is 35.6. The zero-order chi connectivity index (χ0) is 41.9. The van der Waals surface area contributed by atoms with Crippen LogP contribution in [0.5, 0.6) is 0 Å². The summed E-state index contributed by atoms with van der Waals surface area (Å²) in [6, 6.07) is -1.08. The minimum Gasteiger partial charge on any atom is -0.456 e. The highest BCUT2D eigenvalue weighted by Gasteiger charge is 2.53. The molecule has 2 bridgehead atoms. The van der Waals surface area contributed by atoms with Crippen molar-refractivity contribution in [3.05, 3.63) is 47.6 Å². The normalized spacial score (nSPS) is 37.0. The first kappa shape index (κ1) is 46.7. The Morgan fingerprint density at radius 3 is 2.42 bits per heavy atom. The Morgan fingerprint density at radius 2 is 1.72 bits per heavy atom. The molecule has 0 spiro atoms. The molecule has 0 aromatic rings. The van der Waals surface area contributed by atoms with Gasteiger partial charge in [-0.3, -0.25) is 14.4 Å². The Bertz CT molecular complexity index is 1490. The van der Waals surface area contributed by atoms with Crippen LogP contribution in [0, 0.1) is 29.6 Å². The molecule has 4 aliphatic rings. The Balaban J connectivity index is 1.61. The molecule has 3 N–H and O–H groups in total. The van der Waals surface area contributed by atoms with Crippen LogP contribution in [0.2, 0.25) is 0 Å². The van der Waals surface area contributed by atoms with E-state index in [2.05, 4.69) is 13.0 Å². The number of aliphatic hydroxyl groups is 3. The summed E-state index contributed by atoms with van der Waals surface area (Å²) in [4.78, 5) is 57.2. The van der Waals surface area contributed by atoms with E-state index in [1.54, 1.807) is 21.0 Å². The van der Waals surface area contributed by atoms with E-state index in [0.29, 0.717) is 56.4 Å². The van der Waals surface area contributed by atoms with Crippen LogP contribution in [-0.4, -0.2) is 99.7 Å². The van der Waals surface area contributed by atoms with E-state index in [-0.39, 0.29) is 55.1 Å². The van der Waals surface area contributed by atoms with Crippen LogP contribution in [-0.2, 0) is 33.4 Å². The predicted molar refractivity (Wildman–Crippen MR) is 219 cm³/mol. The topological polar surface area (TPSA) is 160 Å². The molecule has 10 atom stereocenters. The van der Waals surface area contributed by atoms with Crippen molar-refractivity contribution in [1.29, 1.82) is 0 Å². The minimum atomic E-state index is -2.38. The van der Waals surface area contributed by atoms with Gasteiger partial charge >= 0.3 is 5.97 Å². The number of amides is 1. The highest BCUT2D eigenvalue weighted by atomic mass is 16.6. The first-order chi connectivity index (χ1) is 27.0. The Kier molecular flexibility index (Phi) is 17.9. The number of carbonyl (C=O) groups excluding carboxylic acids is 4. The van der Waals surface area contributed by atoms with E-state index in [4.69, 9.17) is 14.2 Å². The van der Waals surface area contributed by atoms with Crippen molar-refractivity contribution in [3.8, 4) is 0 Å². The summed E-state index contributed by atoms with van der Waals surface area (Å²) in [7, 11) is 1.60. The molecule has 320 valence electrons. The molecule has 11 heteroatoms. The smallest absolute Gasteiger partial charge is 0.329 e. The molecule has 57 heavy (non-hydrogen) atoms. The number of hydrogen-bond acceptors (Lipinski definition) is 10. The second-order valence-corrected chi connectivity index (χ2v) is 17.7. The number of Topliss-reactive ketones (excluding diaryl/α,β-unsaturated/α-hetero) is 2. The average molecular weight is 798 g/mol. The number of aliphatic hydroxyl groups excluding tert-OH is 2. The Morgan fingerprint density at radius 1 is 1.00 bits per heavy atom. The van der Waals surface area contributed by atoms with Crippen molar-refractivity contribution in [2.75, 3.05) is 13.7 Å². The number of allylic oxidation sites excluding steroid dienone is 5. The van der Waals surface area contributed by atoms with Gasteiger partial charge in [0.1, 0.15) is 17.9 Å². The molecule has 0 aromatic carbocycles. The lowest BCUT2D eigenvalue weighted by Gasteiger charge is -2.42.